The second-order valence-electron chi connectivity index (χ2n) is 21.6. The molecule has 16 rings (SSSR count). The van der Waals surface area contributed by atoms with Gasteiger partial charge in [0.05, 0.1) is 72.7 Å². The number of aromatic nitrogens is 4. The fourth-order valence-corrected chi connectivity index (χ4v) is 14.8. The summed E-state index contributed by atoms with van der Waals surface area (Å²) >= 11 is 1.80. The fraction of sp³-hybridized carbons (Fsp3) is 0. The molecular formula is C80H46N6S. The molecule has 0 saturated carbocycles. The maximum absolute atomic E-state index is 10.9. The molecule has 0 fully saturated rings. The summed E-state index contributed by atoms with van der Waals surface area (Å²) in [6.07, 6.45) is 7.72. The Morgan fingerprint density at radius 2 is 0.736 bits per heavy atom. The number of hydrogen-bond donors (Lipinski definition) is 0. The second-order valence-corrected chi connectivity index (χ2v) is 22.6. The molecule has 0 N–H and O–H groups in total. The molecule has 7 heteroatoms. The quantitative estimate of drug-likeness (QED) is 0.135. The summed E-state index contributed by atoms with van der Waals surface area (Å²) in [4.78, 5) is 11.1. The number of thiophene rings is 1. The molecule has 4 aromatic heterocycles. The van der Waals surface area contributed by atoms with Gasteiger partial charge in [-0.2, -0.15) is 10.5 Å². The van der Waals surface area contributed by atoms with Crippen molar-refractivity contribution in [2.24, 2.45) is 0 Å². The van der Waals surface area contributed by atoms with E-state index in [4.69, 9.17) is 16.4 Å². The molecule has 6 nitrogen and oxygen atoms in total. The predicted molar refractivity (Wildman–Crippen MR) is 359 cm³/mol. The third kappa shape index (κ3) is 7.95. The molecule has 0 aliphatic heterocycles. The number of terminal acetylenes is 1. The lowest BCUT2D eigenvalue weighted by Crippen LogP contribution is -2.08. The summed E-state index contributed by atoms with van der Waals surface area (Å²) < 4.78 is 7.05. The third-order valence-corrected chi connectivity index (χ3v) is 18.1. The van der Waals surface area contributed by atoms with E-state index in [-0.39, 0.29) is 11.1 Å². The van der Waals surface area contributed by atoms with Crippen molar-refractivity contribution in [3.63, 3.8) is 0 Å². The normalized spacial score (nSPS) is 11.4. The highest BCUT2D eigenvalue weighted by molar-refractivity contribution is 7.27. The Morgan fingerprint density at radius 1 is 0.356 bits per heavy atom. The molecule has 16 aromatic rings. The van der Waals surface area contributed by atoms with Crippen LogP contribution in [0.3, 0.4) is 0 Å². The Balaban J connectivity index is 1.26. The van der Waals surface area contributed by atoms with E-state index in [1.54, 1.807) is 35.7 Å². The lowest BCUT2D eigenvalue weighted by Gasteiger charge is -2.25. The van der Waals surface area contributed by atoms with Crippen LogP contribution in [-0.2, 0) is 0 Å². The van der Waals surface area contributed by atoms with E-state index in [2.05, 4.69) is 276 Å². The van der Waals surface area contributed by atoms with E-state index in [0.29, 0.717) is 22.6 Å². The first-order valence-electron chi connectivity index (χ1n) is 28.8. The van der Waals surface area contributed by atoms with Gasteiger partial charge in [-0.3, -0.25) is 0 Å². The molecule has 87 heavy (non-hydrogen) atoms. The number of para-hydroxylation sites is 4. The maximum atomic E-state index is 10.9. The van der Waals surface area contributed by atoms with Gasteiger partial charge in [0, 0.05) is 65.5 Å². The van der Waals surface area contributed by atoms with Crippen molar-refractivity contribution in [1.82, 2.24) is 19.1 Å². The maximum Gasteiger partial charge on any atom is 0.162 e. The highest BCUT2D eigenvalue weighted by Gasteiger charge is 2.35. The minimum atomic E-state index is 0.244. The summed E-state index contributed by atoms with van der Waals surface area (Å²) in [6, 6.07) is 99.0. The summed E-state index contributed by atoms with van der Waals surface area (Å²) in [7, 11) is 0. The molecule has 0 aliphatic carbocycles. The van der Waals surface area contributed by atoms with Gasteiger partial charge in [0.25, 0.3) is 0 Å². The number of hydrogen-bond acceptors (Lipinski definition) is 5. The van der Waals surface area contributed by atoms with Crippen molar-refractivity contribution in [1.29, 1.82) is 10.5 Å². The van der Waals surface area contributed by atoms with Gasteiger partial charge < -0.3 is 9.13 Å². The highest BCUT2D eigenvalue weighted by atomic mass is 32.1. The first kappa shape index (κ1) is 50.8. The van der Waals surface area contributed by atoms with Gasteiger partial charge >= 0.3 is 0 Å². The van der Waals surface area contributed by atoms with Crippen molar-refractivity contribution >= 4 is 75.1 Å². The molecule has 0 saturated heterocycles. The molecule has 0 spiro atoms. The minimum Gasteiger partial charge on any atom is -0.308 e. The standard InChI is InChI=1S/C80H46N6S/c1-2-50-46-56(48-81)67(57(47-50)49-82)62-44-45-83-80(84-62)75-71(54-32-14-6-15-33-54)76(85-63-40-22-18-36-58(63)59-37-19-23-41-64(59)85)74-73-70(53-30-12-5-13-31-53)68(51-26-8-3-9-27-51)69(52-28-10-4-11-29-52)72(55-34-16-7-17-35-55)78(73)87-79(74)77(75)86-65-42-24-20-38-60(65)61-39-21-25-43-66(61)86/h1,3-47H. The fourth-order valence-electron chi connectivity index (χ4n) is 13.4. The van der Waals surface area contributed by atoms with E-state index in [1.807, 2.05) is 0 Å². The average molecular weight is 1120 g/mol. The molecule has 0 atom stereocenters. The number of fused-ring (bicyclic) bond motifs is 9. The molecule has 402 valence electrons. The van der Waals surface area contributed by atoms with Crippen LogP contribution in [-0.4, -0.2) is 19.1 Å². The second kappa shape index (κ2) is 20.8. The van der Waals surface area contributed by atoms with Crippen molar-refractivity contribution in [2.45, 2.75) is 0 Å². The predicted octanol–water partition coefficient (Wildman–Crippen LogP) is 20.4. The number of rotatable bonds is 9. The van der Waals surface area contributed by atoms with Crippen molar-refractivity contribution in [2.75, 3.05) is 0 Å². The first-order chi connectivity index (χ1) is 43.1. The van der Waals surface area contributed by atoms with Gasteiger partial charge in [0.2, 0.25) is 0 Å². The Kier molecular flexibility index (Phi) is 12.1. The van der Waals surface area contributed by atoms with Crippen LogP contribution in [0.2, 0.25) is 0 Å². The van der Waals surface area contributed by atoms with Crippen LogP contribution in [0.5, 0.6) is 0 Å². The largest absolute Gasteiger partial charge is 0.308 e. The lowest BCUT2D eigenvalue weighted by atomic mass is 9.80. The van der Waals surface area contributed by atoms with Gasteiger partial charge in [0.15, 0.2) is 5.82 Å². The van der Waals surface area contributed by atoms with E-state index in [0.717, 1.165) is 136 Å². The van der Waals surface area contributed by atoms with Crippen LogP contribution >= 0.6 is 11.3 Å². The Hall–Kier alpha value is -11.9. The average Bonchev–Trinajstić information content (AvgIpc) is 1.59. The van der Waals surface area contributed by atoms with Crippen LogP contribution in [0.4, 0.5) is 0 Å². The van der Waals surface area contributed by atoms with Crippen molar-refractivity contribution < 1.29 is 0 Å². The van der Waals surface area contributed by atoms with Gasteiger partial charge in [-0.05, 0) is 87.0 Å². The van der Waals surface area contributed by atoms with Gasteiger partial charge in [-0.1, -0.05) is 230 Å². The number of nitrogens with zero attached hydrogens (tertiary/aromatic N) is 6. The summed E-state index contributed by atoms with van der Waals surface area (Å²) in [5.74, 6) is 3.06. The summed E-state index contributed by atoms with van der Waals surface area (Å²) in [5.41, 5.74) is 19.0. The zero-order chi connectivity index (χ0) is 58.1. The van der Waals surface area contributed by atoms with Crippen LogP contribution in [0.15, 0.2) is 273 Å². The van der Waals surface area contributed by atoms with Crippen LogP contribution in [0, 0.1) is 35.0 Å². The summed E-state index contributed by atoms with van der Waals surface area (Å²) in [5, 5.41) is 28.3. The molecule has 0 radical (unpaired) electrons. The van der Waals surface area contributed by atoms with Crippen LogP contribution in [0.25, 0.3) is 153 Å². The monoisotopic (exact) mass is 1120 g/mol. The molecule has 4 heterocycles. The van der Waals surface area contributed by atoms with E-state index in [9.17, 15) is 10.5 Å². The first-order valence-corrected chi connectivity index (χ1v) is 29.6. The zero-order valence-corrected chi connectivity index (χ0v) is 47.5. The molecule has 0 bridgehead atoms. The lowest BCUT2D eigenvalue weighted by molar-refractivity contribution is 1.13. The van der Waals surface area contributed by atoms with Crippen LogP contribution < -0.4 is 0 Å². The Bertz CT molecular complexity index is 5440. The van der Waals surface area contributed by atoms with Gasteiger partial charge in [0.1, 0.15) is 0 Å². The van der Waals surface area contributed by atoms with Gasteiger partial charge in [-0.15, -0.1) is 17.8 Å². The smallest absolute Gasteiger partial charge is 0.162 e. The molecule has 0 unspecified atom stereocenters. The van der Waals surface area contributed by atoms with E-state index >= 15 is 0 Å². The van der Waals surface area contributed by atoms with Crippen molar-refractivity contribution in [3.05, 3.63) is 290 Å². The van der Waals surface area contributed by atoms with Gasteiger partial charge in [-0.25, -0.2) is 9.97 Å². The zero-order valence-electron chi connectivity index (χ0n) is 46.6. The van der Waals surface area contributed by atoms with E-state index in [1.165, 1.54) is 0 Å². The topological polar surface area (TPSA) is 83.2 Å². The Morgan fingerprint density at radius 3 is 1.17 bits per heavy atom. The van der Waals surface area contributed by atoms with E-state index < -0.39 is 0 Å². The molecular weight excluding hydrogens is 1080 g/mol. The highest BCUT2D eigenvalue weighted by Crippen LogP contribution is 2.60. The minimum absolute atomic E-state index is 0.244. The van der Waals surface area contributed by atoms with Crippen LogP contribution in [0.1, 0.15) is 16.7 Å². The number of benzene rings is 12. The van der Waals surface area contributed by atoms with Crippen molar-refractivity contribution in [3.8, 4) is 114 Å². The molecule has 0 amide bonds. The SMILES string of the molecule is C#Cc1cc(C#N)c(-c2ccnc(-c3c(-c4ccccc4)c(-n4c5ccccc5c5ccccc54)c4c(sc5c(-c6ccccc6)c(-c6ccccc6)c(-c6ccccc6)c(-c6ccccc6)c54)c3-n3c4ccccc4c4ccccc43)n2)c(C#N)c1. The Labute approximate surface area is 505 Å². The summed E-state index contributed by atoms with van der Waals surface area (Å²) in [6.45, 7) is 0. The third-order valence-electron chi connectivity index (χ3n) is 16.9. The molecule has 12 aromatic carbocycles. The number of nitriles is 2. The molecule has 0 aliphatic rings.